The number of hydrogen-bond acceptors (Lipinski definition) is 15. The van der Waals surface area contributed by atoms with Crippen molar-refractivity contribution in [2.24, 2.45) is 0 Å². The summed E-state index contributed by atoms with van der Waals surface area (Å²) < 4.78 is 0.606. The van der Waals surface area contributed by atoms with Crippen LogP contribution < -0.4 is 21.3 Å². The molecule has 0 saturated carbocycles. The Morgan fingerprint density at radius 1 is 0.595 bits per heavy atom. The van der Waals surface area contributed by atoms with E-state index in [0.29, 0.717) is 49.1 Å². The molecule has 5 amide bonds. The van der Waals surface area contributed by atoms with Gasteiger partial charge in [0.15, 0.2) is 5.78 Å². The minimum absolute atomic E-state index is 0.000330. The first-order valence-electron chi connectivity index (χ1n) is 24.3. The van der Waals surface area contributed by atoms with Crippen molar-refractivity contribution < 1.29 is 73.5 Å². The predicted molar refractivity (Wildman–Crippen MR) is 269 cm³/mol. The summed E-state index contributed by atoms with van der Waals surface area (Å²) in [5.74, 6) is -6.91. The van der Waals surface area contributed by atoms with E-state index in [1.165, 1.54) is 6.92 Å². The third-order valence-electron chi connectivity index (χ3n) is 11.9. The second-order valence-electron chi connectivity index (χ2n) is 17.9. The number of hydrogen-bond donors (Lipinski definition) is 9. The zero-order chi connectivity index (χ0) is 54.6. The van der Waals surface area contributed by atoms with Crippen LogP contribution >= 0.6 is 15.9 Å². The molecule has 0 spiro atoms. The molecule has 1 fully saturated rings. The highest BCUT2D eigenvalue weighted by Gasteiger charge is 2.25. The number of nitrogens with one attached hydrogen (secondary N) is 4. The summed E-state index contributed by atoms with van der Waals surface area (Å²) in [6.45, 7) is 3.43. The maximum atomic E-state index is 13.9. The number of Topliss-reactive ketones (excluding diaryl/α,β-unsaturated/α-hetero) is 1. The van der Waals surface area contributed by atoms with Crippen LogP contribution in [0.4, 0.5) is 4.79 Å². The Balaban J connectivity index is 1.48. The minimum atomic E-state index is -1.32. The molecule has 0 bridgehead atoms. The minimum Gasteiger partial charge on any atom is -0.481 e. The lowest BCUT2D eigenvalue weighted by Crippen LogP contribution is -2.50. The molecule has 1 saturated heterocycles. The van der Waals surface area contributed by atoms with E-state index >= 15 is 0 Å². The number of ketones is 1. The summed E-state index contributed by atoms with van der Waals surface area (Å²) in [7, 11) is 0. The van der Waals surface area contributed by atoms with Gasteiger partial charge in [0.05, 0.1) is 32.2 Å². The standard InChI is InChI=1S/C48H69BrN10O15/c1-33(60)37(13-15-42(63)64)53-48(74)54-38(47(72)73)6-3-5-17-59(28-35-10-14-39(49)51-27-35)46(71)36-11-8-34(9-12-36)26-52-40(61)7-2-4-16-50-41(62)29-55-18-20-56(30-43(65)66)22-24-58(32-45(69)70)25-23-57(21-19-55)31-44(67)68/h8-12,14,27,37-38H,2-7,13,15-26,28-32H2,1H3,(H,50,62)(H,52,61)(H,63,64)(H,65,66)(H,67,68)(H,69,70)(H,72,73)(H2,53,54,74)/t37-,38-/m1/s1. The lowest BCUT2D eigenvalue weighted by atomic mass is 10.1. The molecule has 2 heterocycles. The van der Waals surface area contributed by atoms with Gasteiger partial charge in [-0.25, -0.2) is 14.6 Å². The molecule has 1 aliphatic heterocycles. The van der Waals surface area contributed by atoms with Crippen molar-refractivity contribution in [3.63, 3.8) is 0 Å². The van der Waals surface area contributed by atoms with Gasteiger partial charge in [-0.1, -0.05) is 18.2 Å². The van der Waals surface area contributed by atoms with Gasteiger partial charge < -0.3 is 51.7 Å². The molecule has 9 N–H and O–H groups in total. The average molecular weight is 1110 g/mol. The van der Waals surface area contributed by atoms with E-state index in [-0.39, 0.29) is 135 Å². The van der Waals surface area contributed by atoms with Crippen molar-refractivity contribution in [2.75, 3.05) is 91.6 Å². The molecule has 2 aromatic rings. The SMILES string of the molecule is CC(=O)[C@@H](CCC(=O)O)NC(=O)N[C@H](CCCCN(Cc1ccc(Br)nc1)C(=O)c1ccc(CNC(=O)CCCCNC(=O)CN2CCN(CC(=O)O)CCN(CC(=O)O)CCN(CC(=O)O)CC2)cc1)C(=O)O. The number of carboxylic acid groups (broad SMARTS) is 5. The molecule has 1 aromatic heterocycles. The van der Waals surface area contributed by atoms with E-state index < -0.39 is 53.7 Å². The largest absolute Gasteiger partial charge is 0.481 e. The molecular weight excluding hydrogens is 1040 g/mol. The van der Waals surface area contributed by atoms with E-state index in [2.05, 4.69) is 42.2 Å². The number of aromatic nitrogens is 1. The quantitative estimate of drug-likeness (QED) is 0.0382. The van der Waals surface area contributed by atoms with Crippen LogP contribution in [0.3, 0.4) is 0 Å². The number of unbranched alkanes of at least 4 members (excludes halogenated alkanes) is 2. The summed E-state index contributed by atoms with van der Waals surface area (Å²) in [4.78, 5) is 134. The van der Waals surface area contributed by atoms with Gasteiger partial charge in [-0.3, -0.25) is 58.0 Å². The molecular formula is C48H69BrN10O15. The lowest BCUT2D eigenvalue weighted by Gasteiger charge is -2.32. The van der Waals surface area contributed by atoms with Gasteiger partial charge in [0.1, 0.15) is 10.6 Å². The highest BCUT2D eigenvalue weighted by atomic mass is 79.9. The fourth-order valence-electron chi connectivity index (χ4n) is 7.80. The van der Waals surface area contributed by atoms with E-state index in [9.17, 15) is 68.4 Å². The first kappa shape index (κ1) is 61.7. The molecule has 1 aliphatic rings. The van der Waals surface area contributed by atoms with E-state index in [0.717, 1.165) is 11.1 Å². The molecule has 1 aromatic carbocycles. The average Bonchev–Trinajstić information content (AvgIpc) is 3.33. The van der Waals surface area contributed by atoms with Crippen molar-refractivity contribution in [3.05, 3.63) is 63.9 Å². The Morgan fingerprint density at radius 2 is 1.12 bits per heavy atom. The number of benzene rings is 1. The molecule has 0 unspecified atom stereocenters. The van der Waals surface area contributed by atoms with Crippen molar-refractivity contribution >= 4 is 75.3 Å². The monoisotopic (exact) mass is 1100 g/mol. The number of urea groups is 1. The molecule has 3 rings (SSSR count). The van der Waals surface area contributed by atoms with Gasteiger partial charge in [0, 0.05) is 103 Å². The van der Waals surface area contributed by atoms with Crippen LogP contribution in [0.25, 0.3) is 0 Å². The number of carbonyl (C=O) groups is 10. The molecule has 25 nitrogen and oxygen atoms in total. The summed E-state index contributed by atoms with van der Waals surface area (Å²) in [5, 5.41) is 57.4. The Morgan fingerprint density at radius 3 is 1.61 bits per heavy atom. The third-order valence-corrected chi connectivity index (χ3v) is 12.4. The van der Waals surface area contributed by atoms with Crippen LogP contribution in [0.15, 0.2) is 47.2 Å². The molecule has 408 valence electrons. The Bertz CT molecular complexity index is 2170. The third kappa shape index (κ3) is 25.9. The number of halogens is 1. The molecule has 0 radical (unpaired) electrons. The van der Waals surface area contributed by atoms with Crippen molar-refractivity contribution in [2.45, 2.75) is 83.5 Å². The number of carbonyl (C=O) groups excluding carboxylic acids is 5. The smallest absolute Gasteiger partial charge is 0.326 e. The molecule has 74 heavy (non-hydrogen) atoms. The fraction of sp³-hybridized carbons (Fsp3) is 0.562. The molecule has 0 aliphatic carbocycles. The van der Waals surface area contributed by atoms with Crippen LogP contribution in [-0.4, -0.2) is 218 Å². The van der Waals surface area contributed by atoms with Crippen LogP contribution in [0.1, 0.15) is 79.8 Å². The van der Waals surface area contributed by atoms with Gasteiger partial charge in [0.25, 0.3) is 5.91 Å². The number of nitrogens with zero attached hydrogens (tertiary/aromatic N) is 6. The van der Waals surface area contributed by atoms with Crippen LogP contribution in [-0.2, 0) is 51.4 Å². The Labute approximate surface area is 437 Å². The Kier molecular flexibility index (Phi) is 27.7. The van der Waals surface area contributed by atoms with E-state index in [1.807, 2.05) is 4.90 Å². The number of pyridine rings is 1. The van der Waals surface area contributed by atoms with Crippen LogP contribution in [0.2, 0.25) is 0 Å². The number of amides is 5. The van der Waals surface area contributed by atoms with Crippen LogP contribution in [0, 0.1) is 0 Å². The Hall–Kier alpha value is -6.61. The van der Waals surface area contributed by atoms with E-state index in [4.69, 9.17) is 5.11 Å². The first-order valence-corrected chi connectivity index (χ1v) is 25.1. The van der Waals surface area contributed by atoms with Gasteiger partial charge in [-0.2, -0.15) is 0 Å². The fourth-order valence-corrected chi connectivity index (χ4v) is 8.04. The summed E-state index contributed by atoms with van der Waals surface area (Å²) >= 11 is 3.31. The molecule has 26 heteroatoms. The van der Waals surface area contributed by atoms with Gasteiger partial charge in [-0.05, 0) is 90.7 Å². The van der Waals surface area contributed by atoms with Crippen molar-refractivity contribution in [1.82, 2.24) is 50.8 Å². The lowest BCUT2D eigenvalue weighted by molar-refractivity contribution is -0.140. The predicted octanol–water partition coefficient (Wildman–Crippen LogP) is 0.610. The van der Waals surface area contributed by atoms with Crippen molar-refractivity contribution in [1.29, 1.82) is 0 Å². The first-order chi connectivity index (χ1) is 35.2. The number of rotatable bonds is 30. The highest BCUT2D eigenvalue weighted by molar-refractivity contribution is 9.10. The van der Waals surface area contributed by atoms with Crippen LogP contribution in [0.5, 0.6) is 0 Å². The topological polar surface area (TPSA) is 349 Å². The maximum absolute atomic E-state index is 13.9. The maximum Gasteiger partial charge on any atom is 0.326 e. The van der Waals surface area contributed by atoms with E-state index in [1.54, 1.807) is 62.2 Å². The second kappa shape index (κ2) is 33.3. The van der Waals surface area contributed by atoms with Gasteiger partial charge in [-0.15, -0.1) is 0 Å². The highest BCUT2D eigenvalue weighted by Crippen LogP contribution is 2.16. The summed E-state index contributed by atoms with van der Waals surface area (Å²) in [5.41, 5.74) is 1.84. The zero-order valence-corrected chi connectivity index (χ0v) is 43.1. The number of carboxylic acids is 5. The summed E-state index contributed by atoms with van der Waals surface area (Å²) in [6, 6.07) is 6.91. The number of aliphatic carboxylic acids is 5. The van der Waals surface area contributed by atoms with Gasteiger partial charge >= 0.3 is 35.9 Å². The second-order valence-corrected chi connectivity index (χ2v) is 18.7. The molecule has 2 atom stereocenters. The van der Waals surface area contributed by atoms with Crippen molar-refractivity contribution in [3.8, 4) is 0 Å². The zero-order valence-electron chi connectivity index (χ0n) is 41.5. The van der Waals surface area contributed by atoms with Gasteiger partial charge in [0.2, 0.25) is 11.8 Å². The summed E-state index contributed by atoms with van der Waals surface area (Å²) in [6.07, 6.45) is 2.91. The normalized spacial score (nSPS) is 15.0.